The van der Waals surface area contributed by atoms with Gasteiger partial charge in [-0.15, -0.1) is 0 Å². The van der Waals surface area contributed by atoms with Crippen molar-refractivity contribution in [1.82, 2.24) is 5.43 Å². The van der Waals surface area contributed by atoms with Crippen LogP contribution < -0.4 is 15.5 Å². The number of carbonyl (C=O) groups is 3. The topological polar surface area (TPSA) is 96.9 Å². The number of esters is 1. The maximum absolute atomic E-state index is 13.0. The number of carbonyl (C=O) groups excluding carboxylic acids is 3. The molecule has 0 fully saturated rings. The molecule has 0 aliphatic rings. The van der Waals surface area contributed by atoms with Gasteiger partial charge in [0.15, 0.2) is 0 Å². The van der Waals surface area contributed by atoms with Crippen LogP contribution in [0.2, 0.25) is 0 Å². The van der Waals surface area contributed by atoms with Crippen LogP contribution in [0.15, 0.2) is 90.0 Å². The van der Waals surface area contributed by atoms with E-state index in [-0.39, 0.29) is 11.4 Å². The summed E-state index contributed by atoms with van der Waals surface area (Å²) in [5, 5.41) is 7.83. The number of nitrogens with zero attached hydrogens (tertiary/aromatic N) is 1. The lowest BCUT2D eigenvalue weighted by Crippen LogP contribution is -2.32. The number of hydrazone groups is 1. The van der Waals surface area contributed by atoms with Gasteiger partial charge in [-0.1, -0.05) is 48.0 Å². The third kappa shape index (κ3) is 5.75. The van der Waals surface area contributed by atoms with Gasteiger partial charge >= 0.3 is 17.8 Å². The summed E-state index contributed by atoms with van der Waals surface area (Å²) in [5.41, 5.74) is 4.17. The molecule has 4 aromatic rings. The fourth-order valence-electron chi connectivity index (χ4n) is 3.36. The average Bonchev–Trinajstić information content (AvgIpc) is 2.86. The second-order valence-corrected chi connectivity index (χ2v) is 7.62. The molecule has 4 rings (SSSR count). The Hall–Kier alpha value is -4.85. The molecule has 0 aliphatic heterocycles. The lowest BCUT2D eigenvalue weighted by molar-refractivity contribution is -0.136. The van der Waals surface area contributed by atoms with E-state index in [1.165, 1.54) is 18.3 Å². The van der Waals surface area contributed by atoms with E-state index < -0.39 is 23.6 Å². The summed E-state index contributed by atoms with van der Waals surface area (Å²) >= 11 is 0. The summed E-state index contributed by atoms with van der Waals surface area (Å²) in [6, 6.07) is 22.8. The lowest BCUT2D eigenvalue weighted by atomic mass is 10.0. The molecule has 0 aliphatic carbocycles. The summed E-state index contributed by atoms with van der Waals surface area (Å²) in [7, 11) is 0. The number of hydrogen-bond acceptors (Lipinski definition) is 5. The van der Waals surface area contributed by atoms with Crippen LogP contribution in [-0.4, -0.2) is 24.0 Å². The Labute approximate surface area is 200 Å². The standard InChI is InChI=1S/C27H20FN3O4/c1-17-5-4-7-19(15-17)27(34)35-24-14-9-18-6-2-3-8-22(18)23(24)16-29-31-26(33)25(32)30-21-12-10-20(28)11-13-21/h2-16H,1H3,(H,30,32)(H,31,33)/b29-16+. The molecule has 8 heteroatoms. The van der Waals surface area contributed by atoms with Crippen molar-refractivity contribution in [3.05, 3.63) is 107 Å². The molecule has 0 bridgehead atoms. The average molecular weight is 469 g/mol. The first-order valence-corrected chi connectivity index (χ1v) is 10.6. The molecule has 0 spiro atoms. The van der Waals surface area contributed by atoms with Crippen molar-refractivity contribution in [2.75, 3.05) is 5.32 Å². The van der Waals surface area contributed by atoms with Gasteiger partial charge in [0.25, 0.3) is 0 Å². The maximum Gasteiger partial charge on any atom is 0.343 e. The first-order chi connectivity index (χ1) is 16.9. The molecule has 35 heavy (non-hydrogen) atoms. The number of halogens is 1. The Morgan fingerprint density at radius 2 is 1.66 bits per heavy atom. The van der Waals surface area contributed by atoms with Gasteiger partial charge in [-0.05, 0) is 60.2 Å². The summed E-state index contributed by atoms with van der Waals surface area (Å²) in [5.74, 6) is -2.77. The Kier molecular flexibility index (Phi) is 6.92. The molecule has 7 nitrogen and oxygen atoms in total. The minimum atomic E-state index is -1.02. The molecule has 2 amide bonds. The quantitative estimate of drug-likeness (QED) is 0.147. The van der Waals surface area contributed by atoms with Crippen molar-refractivity contribution >= 4 is 40.5 Å². The maximum atomic E-state index is 13.0. The van der Waals surface area contributed by atoms with E-state index in [1.54, 1.807) is 30.3 Å². The van der Waals surface area contributed by atoms with Crippen molar-refractivity contribution in [2.45, 2.75) is 6.92 Å². The Morgan fingerprint density at radius 1 is 0.886 bits per heavy atom. The van der Waals surface area contributed by atoms with Gasteiger partial charge in [0.05, 0.1) is 11.8 Å². The van der Waals surface area contributed by atoms with Gasteiger partial charge in [0, 0.05) is 11.3 Å². The number of nitrogens with one attached hydrogen (secondary N) is 2. The second-order valence-electron chi connectivity index (χ2n) is 7.62. The van der Waals surface area contributed by atoms with Gasteiger partial charge < -0.3 is 10.1 Å². The monoisotopic (exact) mass is 469 g/mol. The first-order valence-electron chi connectivity index (χ1n) is 10.6. The Bertz CT molecular complexity index is 1450. The highest BCUT2D eigenvalue weighted by Crippen LogP contribution is 2.27. The molecule has 0 heterocycles. The molecule has 4 aromatic carbocycles. The van der Waals surface area contributed by atoms with Crippen molar-refractivity contribution in [3.63, 3.8) is 0 Å². The van der Waals surface area contributed by atoms with Crippen LogP contribution in [-0.2, 0) is 9.59 Å². The number of ether oxygens (including phenoxy) is 1. The van der Waals surface area contributed by atoms with E-state index >= 15 is 0 Å². The van der Waals surface area contributed by atoms with Crippen LogP contribution in [0, 0.1) is 12.7 Å². The number of anilines is 1. The number of rotatable bonds is 5. The van der Waals surface area contributed by atoms with Crippen LogP contribution in [0.25, 0.3) is 10.8 Å². The van der Waals surface area contributed by atoms with E-state index in [0.717, 1.165) is 28.5 Å². The molecule has 0 saturated heterocycles. The molecule has 2 N–H and O–H groups in total. The summed E-state index contributed by atoms with van der Waals surface area (Å²) in [6.45, 7) is 1.87. The van der Waals surface area contributed by atoms with E-state index in [1.807, 2.05) is 37.3 Å². The molecule has 0 aromatic heterocycles. The molecule has 0 radical (unpaired) electrons. The van der Waals surface area contributed by atoms with Crippen LogP contribution >= 0.6 is 0 Å². The van der Waals surface area contributed by atoms with Crippen molar-refractivity contribution in [1.29, 1.82) is 0 Å². The minimum absolute atomic E-state index is 0.240. The van der Waals surface area contributed by atoms with E-state index in [9.17, 15) is 18.8 Å². The largest absolute Gasteiger partial charge is 0.422 e. The van der Waals surface area contributed by atoms with Gasteiger partial charge in [0.2, 0.25) is 0 Å². The zero-order chi connectivity index (χ0) is 24.8. The second kappa shape index (κ2) is 10.4. The van der Waals surface area contributed by atoms with E-state index in [4.69, 9.17) is 4.74 Å². The zero-order valence-electron chi connectivity index (χ0n) is 18.6. The van der Waals surface area contributed by atoms with Gasteiger partial charge in [-0.3, -0.25) is 9.59 Å². The number of benzene rings is 4. The number of fused-ring (bicyclic) bond motifs is 1. The first kappa shape index (κ1) is 23.3. The normalized spacial score (nSPS) is 10.8. The third-order valence-electron chi connectivity index (χ3n) is 5.06. The summed E-state index contributed by atoms with van der Waals surface area (Å²) in [4.78, 5) is 36.9. The van der Waals surface area contributed by atoms with Gasteiger partial charge in [0.1, 0.15) is 11.6 Å². The molecule has 174 valence electrons. The van der Waals surface area contributed by atoms with Gasteiger partial charge in [-0.2, -0.15) is 5.10 Å². The predicted octanol–water partition coefficient (Wildman–Crippen LogP) is 4.60. The number of amides is 2. The molecular formula is C27H20FN3O4. The van der Waals surface area contributed by atoms with E-state index in [2.05, 4.69) is 15.8 Å². The van der Waals surface area contributed by atoms with Crippen molar-refractivity contribution < 1.29 is 23.5 Å². The highest BCUT2D eigenvalue weighted by Gasteiger charge is 2.15. The van der Waals surface area contributed by atoms with Crippen LogP contribution in [0.5, 0.6) is 5.75 Å². The van der Waals surface area contributed by atoms with Gasteiger partial charge in [-0.25, -0.2) is 14.6 Å². The highest BCUT2D eigenvalue weighted by molar-refractivity contribution is 6.39. The molecule has 0 unspecified atom stereocenters. The smallest absolute Gasteiger partial charge is 0.343 e. The molecule has 0 saturated carbocycles. The molecule has 0 atom stereocenters. The summed E-state index contributed by atoms with van der Waals surface area (Å²) < 4.78 is 18.6. The van der Waals surface area contributed by atoms with Crippen LogP contribution in [0.1, 0.15) is 21.5 Å². The number of aryl methyl sites for hydroxylation is 1. The predicted molar refractivity (Wildman–Crippen MR) is 131 cm³/mol. The van der Waals surface area contributed by atoms with Crippen LogP contribution in [0.4, 0.5) is 10.1 Å². The van der Waals surface area contributed by atoms with Crippen molar-refractivity contribution in [3.8, 4) is 5.75 Å². The van der Waals surface area contributed by atoms with Crippen LogP contribution in [0.3, 0.4) is 0 Å². The fourth-order valence-corrected chi connectivity index (χ4v) is 3.36. The van der Waals surface area contributed by atoms with E-state index in [0.29, 0.717) is 11.1 Å². The fraction of sp³-hybridized carbons (Fsp3) is 0.0370. The van der Waals surface area contributed by atoms with Crippen molar-refractivity contribution in [2.24, 2.45) is 5.10 Å². The zero-order valence-corrected chi connectivity index (χ0v) is 18.6. The Balaban J connectivity index is 1.54. The summed E-state index contributed by atoms with van der Waals surface area (Å²) in [6.07, 6.45) is 1.31. The minimum Gasteiger partial charge on any atom is -0.422 e. The highest BCUT2D eigenvalue weighted by atomic mass is 19.1. The lowest BCUT2D eigenvalue weighted by Gasteiger charge is -2.11. The molecular weight excluding hydrogens is 449 g/mol. The number of hydrogen-bond donors (Lipinski definition) is 2. The third-order valence-corrected chi connectivity index (χ3v) is 5.06. The Morgan fingerprint density at radius 3 is 2.43 bits per heavy atom. The SMILES string of the molecule is Cc1cccc(C(=O)Oc2ccc3ccccc3c2/C=N/NC(=O)C(=O)Nc2ccc(F)cc2)c1.